The summed E-state index contributed by atoms with van der Waals surface area (Å²) >= 11 is 31.6. The summed E-state index contributed by atoms with van der Waals surface area (Å²) in [5, 5.41) is 0.665. The lowest BCUT2D eigenvalue weighted by atomic mass is 10.1. The highest BCUT2D eigenvalue weighted by Crippen LogP contribution is 2.42. The maximum atomic E-state index is 6.35. The van der Waals surface area contributed by atoms with Crippen LogP contribution in [-0.4, -0.2) is 0 Å². The summed E-state index contributed by atoms with van der Waals surface area (Å²) < 4.78 is 1.15. The van der Waals surface area contributed by atoms with Crippen molar-refractivity contribution in [2.75, 3.05) is 0 Å². The van der Waals surface area contributed by atoms with E-state index < -0.39 is 5.38 Å². The van der Waals surface area contributed by atoms with E-state index in [0.717, 1.165) is 11.1 Å². The van der Waals surface area contributed by atoms with Gasteiger partial charge in [-0.2, -0.15) is 0 Å². The van der Waals surface area contributed by atoms with Crippen molar-refractivity contribution >= 4 is 69.3 Å². The second-order valence-electron chi connectivity index (χ2n) is 3.31. The molecule has 6 heteroatoms. The highest BCUT2D eigenvalue weighted by Gasteiger charge is 2.19. The van der Waals surface area contributed by atoms with Crippen LogP contribution in [0.1, 0.15) is 16.5 Å². The van der Waals surface area contributed by atoms with Crippen LogP contribution in [0.25, 0.3) is 0 Å². The van der Waals surface area contributed by atoms with E-state index in [1.54, 1.807) is 24.3 Å². The monoisotopic (exact) mass is 344 g/mol. The Labute approximate surface area is 128 Å². The summed E-state index contributed by atoms with van der Waals surface area (Å²) in [7, 11) is 0. The molecular formula is C11H5Cl5S. The second-order valence-corrected chi connectivity index (χ2v) is 6.87. The molecule has 1 aromatic heterocycles. The fourth-order valence-electron chi connectivity index (χ4n) is 1.40. The van der Waals surface area contributed by atoms with Crippen molar-refractivity contribution in [1.29, 1.82) is 0 Å². The van der Waals surface area contributed by atoms with Crippen LogP contribution in [0.5, 0.6) is 0 Å². The van der Waals surface area contributed by atoms with E-state index in [1.165, 1.54) is 11.3 Å². The quantitative estimate of drug-likeness (QED) is 0.531. The van der Waals surface area contributed by atoms with Crippen LogP contribution in [0.3, 0.4) is 0 Å². The Bertz CT molecular complexity index is 549. The standard InChI is InChI=1S/C11H5Cl5S/c12-5-1-2-8(13)6(3-5)10(15)7-4-9(14)17-11(7)16/h1-4,10H. The average molecular weight is 346 g/mol. The predicted molar refractivity (Wildman–Crippen MR) is 78.5 cm³/mol. The Morgan fingerprint density at radius 2 is 1.65 bits per heavy atom. The van der Waals surface area contributed by atoms with Gasteiger partial charge in [0.2, 0.25) is 0 Å². The highest BCUT2D eigenvalue weighted by atomic mass is 35.5. The van der Waals surface area contributed by atoms with Crippen molar-refractivity contribution in [3.8, 4) is 0 Å². The van der Waals surface area contributed by atoms with Crippen LogP contribution in [0.2, 0.25) is 18.7 Å². The number of halogens is 5. The third-order valence-corrected chi connectivity index (χ3v) is 4.75. The Morgan fingerprint density at radius 3 is 2.24 bits per heavy atom. The maximum absolute atomic E-state index is 6.35. The molecule has 1 aromatic carbocycles. The Kier molecular flexibility index (Phi) is 4.51. The van der Waals surface area contributed by atoms with Crippen LogP contribution in [0.15, 0.2) is 24.3 Å². The first-order chi connectivity index (χ1) is 7.99. The van der Waals surface area contributed by atoms with Gasteiger partial charge in [0.1, 0.15) is 0 Å². The molecule has 0 nitrogen and oxygen atoms in total. The minimum atomic E-state index is -0.461. The van der Waals surface area contributed by atoms with E-state index in [-0.39, 0.29) is 0 Å². The van der Waals surface area contributed by atoms with E-state index in [2.05, 4.69) is 0 Å². The fraction of sp³-hybridized carbons (Fsp3) is 0.0909. The topological polar surface area (TPSA) is 0 Å². The number of hydrogen-bond acceptors (Lipinski definition) is 1. The van der Waals surface area contributed by atoms with Gasteiger partial charge in [0, 0.05) is 15.6 Å². The van der Waals surface area contributed by atoms with Gasteiger partial charge in [0.05, 0.1) is 14.0 Å². The molecule has 2 rings (SSSR count). The summed E-state index contributed by atoms with van der Waals surface area (Å²) in [6.07, 6.45) is 0. The number of benzene rings is 1. The third kappa shape index (κ3) is 3.04. The normalized spacial score (nSPS) is 12.8. The predicted octanol–water partition coefficient (Wildman–Crippen LogP) is 6.69. The fourth-order valence-corrected chi connectivity index (χ4v) is 3.87. The van der Waals surface area contributed by atoms with Crippen molar-refractivity contribution in [1.82, 2.24) is 0 Å². The molecule has 0 bridgehead atoms. The van der Waals surface area contributed by atoms with Crippen molar-refractivity contribution in [2.45, 2.75) is 5.38 Å². The van der Waals surface area contributed by atoms with Gasteiger partial charge in [0.15, 0.2) is 0 Å². The zero-order valence-electron chi connectivity index (χ0n) is 8.18. The van der Waals surface area contributed by atoms with Crippen molar-refractivity contribution in [2.24, 2.45) is 0 Å². The second kappa shape index (κ2) is 5.56. The van der Waals surface area contributed by atoms with Crippen LogP contribution < -0.4 is 0 Å². The molecule has 0 aliphatic carbocycles. The smallest absolute Gasteiger partial charge is 0.0994 e. The SMILES string of the molecule is Clc1ccc(Cl)c(C(Cl)c2cc(Cl)sc2Cl)c1. The number of alkyl halides is 1. The lowest BCUT2D eigenvalue weighted by Gasteiger charge is -2.11. The minimum absolute atomic E-state index is 0.461. The largest absolute Gasteiger partial charge is 0.112 e. The number of rotatable bonds is 2. The molecule has 17 heavy (non-hydrogen) atoms. The van der Waals surface area contributed by atoms with Crippen molar-refractivity contribution < 1.29 is 0 Å². The average Bonchev–Trinajstić information content (AvgIpc) is 2.60. The molecule has 0 spiro atoms. The molecule has 0 fully saturated rings. The van der Waals surface area contributed by atoms with E-state index >= 15 is 0 Å². The van der Waals surface area contributed by atoms with Crippen LogP contribution in [-0.2, 0) is 0 Å². The summed E-state index contributed by atoms with van der Waals surface area (Å²) in [6.45, 7) is 0. The van der Waals surface area contributed by atoms with Crippen LogP contribution >= 0.6 is 69.3 Å². The Balaban J connectivity index is 2.46. The summed E-state index contributed by atoms with van der Waals surface area (Å²) in [5.41, 5.74) is 1.46. The van der Waals surface area contributed by atoms with Gasteiger partial charge < -0.3 is 0 Å². The van der Waals surface area contributed by atoms with E-state index in [1.807, 2.05) is 0 Å². The maximum Gasteiger partial charge on any atom is 0.0994 e. The molecule has 0 amide bonds. The first-order valence-electron chi connectivity index (χ1n) is 4.53. The molecule has 2 aromatic rings. The molecule has 1 atom stereocenters. The van der Waals surface area contributed by atoms with Gasteiger partial charge in [-0.15, -0.1) is 22.9 Å². The Hall–Kier alpha value is 0.370. The lowest BCUT2D eigenvalue weighted by Crippen LogP contribution is -1.93. The lowest BCUT2D eigenvalue weighted by molar-refractivity contribution is 1.16. The molecule has 0 radical (unpaired) electrons. The summed E-state index contributed by atoms with van der Waals surface area (Å²) in [6, 6.07) is 6.88. The number of thiophene rings is 1. The van der Waals surface area contributed by atoms with Crippen molar-refractivity contribution in [3.63, 3.8) is 0 Å². The Morgan fingerprint density at radius 1 is 0.941 bits per heavy atom. The van der Waals surface area contributed by atoms with E-state index in [4.69, 9.17) is 58.0 Å². The van der Waals surface area contributed by atoms with Crippen molar-refractivity contribution in [3.05, 3.63) is 54.1 Å². The molecule has 1 unspecified atom stereocenters. The van der Waals surface area contributed by atoms with Gasteiger partial charge >= 0.3 is 0 Å². The van der Waals surface area contributed by atoms with Gasteiger partial charge in [0.25, 0.3) is 0 Å². The van der Waals surface area contributed by atoms with Gasteiger partial charge in [-0.25, -0.2) is 0 Å². The minimum Gasteiger partial charge on any atom is -0.112 e. The van der Waals surface area contributed by atoms with E-state index in [9.17, 15) is 0 Å². The van der Waals surface area contributed by atoms with Crippen LogP contribution in [0, 0.1) is 0 Å². The third-order valence-electron chi connectivity index (χ3n) is 2.19. The molecular weight excluding hydrogens is 341 g/mol. The summed E-state index contributed by atoms with van der Waals surface area (Å²) in [5.74, 6) is 0. The van der Waals surface area contributed by atoms with Gasteiger partial charge in [-0.1, -0.05) is 46.4 Å². The molecule has 1 heterocycles. The molecule has 0 aliphatic heterocycles. The summed E-state index contributed by atoms with van der Waals surface area (Å²) in [4.78, 5) is 0. The molecule has 0 saturated heterocycles. The van der Waals surface area contributed by atoms with E-state index in [0.29, 0.717) is 18.7 Å². The highest BCUT2D eigenvalue weighted by molar-refractivity contribution is 7.20. The van der Waals surface area contributed by atoms with Gasteiger partial charge in [-0.05, 0) is 29.8 Å². The molecule has 0 N–H and O–H groups in total. The first kappa shape index (κ1) is 13.8. The molecule has 0 saturated carbocycles. The van der Waals surface area contributed by atoms with Crippen LogP contribution in [0.4, 0.5) is 0 Å². The molecule has 90 valence electrons. The number of hydrogen-bond donors (Lipinski definition) is 0. The zero-order chi connectivity index (χ0) is 12.6. The van der Waals surface area contributed by atoms with Gasteiger partial charge in [-0.3, -0.25) is 0 Å². The first-order valence-corrected chi connectivity index (χ1v) is 7.29. The zero-order valence-corrected chi connectivity index (χ0v) is 12.8. The molecule has 0 aliphatic rings.